The molecule has 0 aromatic heterocycles. The van der Waals surface area contributed by atoms with Crippen molar-refractivity contribution in [2.45, 2.75) is 12.2 Å². The Balaban J connectivity index is 2.15. The maximum atomic E-state index is 10.3. The Morgan fingerprint density at radius 1 is 1.24 bits per heavy atom. The molecule has 1 atom stereocenters. The van der Waals surface area contributed by atoms with Crippen molar-refractivity contribution in [3.05, 3.63) is 42.0 Å². The minimum Gasteiger partial charge on any atom is -0.507 e. The van der Waals surface area contributed by atoms with E-state index in [9.17, 15) is 5.11 Å². The van der Waals surface area contributed by atoms with Crippen molar-refractivity contribution >= 4 is 27.6 Å². The van der Waals surface area contributed by atoms with Gasteiger partial charge in [0.05, 0.1) is 6.54 Å². The second kappa shape index (κ2) is 4.08. The first-order valence-electron chi connectivity index (χ1n) is 5.68. The van der Waals surface area contributed by atoms with Gasteiger partial charge in [-0.2, -0.15) is 0 Å². The largest absolute Gasteiger partial charge is 0.507 e. The van der Waals surface area contributed by atoms with E-state index in [0.29, 0.717) is 11.0 Å². The number of aromatic hydroxyl groups is 1. The highest BCUT2D eigenvalue weighted by Gasteiger charge is 2.19. The SMILES string of the molecule is CC1CN=C(c2ccc3ccccc3c2O)S1. The molecule has 0 saturated heterocycles. The summed E-state index contributed by atoms with van der Waals surface area (Å²) in [5.74, 6) is 0.350. The lowest BCUT2D eigenvalue weighted by atomic mass is 10.1. The van der Waals surface area contributed by atoms with Crippen LogP contribution in [0, 0.1) is 0 Å². The molecule has 17 heavy (non-hydrogen) atoms. The zero-order valence-electron chi connectivity index (χ0n) is 9.55. The summed E-state index contributed by atoms with van der Waals surface area (Å²) in [5.41, 5.74) is 0.859. The van der Waals surface area contributed by atoms with E-state index < -0.39 is 0 Å². The predicted octanol–water partition coefficient (Wildman–Crippen LogP) is 3.43. The maximum Gasteiger partial charge on any atom is 0.133 e. The Kier molecular flexibility index (Phi) is 2.56. The van der Waals surface area contributed by atoms with Crippen LogP contribution in [0.5, 0.6) is 5.75 Å². The Bertz CT molecular complexity index is 606. The highest BCUT2D eigenvalue weighted by atomic mass is 32.2. The molecule has 2 aromatic carbocycles. The van der Waals surface area contributed by atoms with Gasteiger partial charge < -0.3 is 5.11 Å². The summed E-state index contributed by atoms with van der Waals surface area (Å²) in [6.45, 7) is 2.99. The summed E-state index contributed by atoms with van der Waals surface area (Å²) in [7, 11) is 0. The van der Waals surface area contributed by atoms with Crippen molar-refractivity contribution in [3.8, 4) is 5.75 Å². The van der Waals surface area contributed by atoms with Crippen LogP contribution in [0.4, 0.5) is 0 Å². The molecule has 1 heterocycles. The first-order chi connectivity index (χ1) is 8.25. The number of aliphatic imine (C=N–C) groups is 1. The van der Waals surface area contributed by atoms with Crippen molar-refractivity contribution in [3.63, 3.8) is 0 Å². The van der Waals surface area contributed by atoms with E-state index >= 15 is 0 Å². The van der Waals surface area contributed by atoms with Gasteiger partial charge in [-0.15, -0.1) is 11.8 Å². The molecule has 3 heteroatoms. The van der Waals surface area contributed by atoms with Gasteiger partial charge in [0.1, 0.15) is 10.8 Å². The van der Waals surface area contributed by atoms with Crippen LogP contribution in [0.2, 0.25) is 0 Å². The highest BCUT2D eigenvalue weighted by molar-refractivity contribution is 8.15. The lowest BCUT2D eigenvalue weighted by Crippen LogP contribution is -1.96. The van der Waals surface area contributed by atoms with Crippen LogP contribution in [0.25, 0.3) is 10.8 Å². The molecule has 0 radical (unpaired) electrons. The lowest BCUT2D eigenvalue weighted by Gasteiger charge is -2.07. The molecule has 2 nitrogen and oxygen atoms in total. The maximum absolute atomic E-state index is 10.3. The standard InChI is InChI=1S/C14H13NOS/c1-9-8-15-14(17-9)12-7-6-10-4-2-3-5-11(10)13(12)16/h2-7,9,16H,8H2,1H3. The Hall–Kier alpha value is -1.48. The first-order valence-corrected chi connectivity index (χ1v) is 6.56. The van der Waals surface area contributed by atoms with Gasteiger partial charge in [0.25, 0.3) is 0 Å². The Morgan fingerprint density at radius 3 is 2.82 bits per heavy atom. The van der Waals surface area contributed by atoms with Gasteiger partial charge in [-0.25, -0.2) is 0 Å². The lowest BCUT2D eigenvalue weighted by molar-refractivity contribution is 0.481. The molecule has 0 bridgehead atoms. The van der Waals surface area contributed by atoms with Crippen LogP contribution in [0.1, 0.15) is 12.5 Å². The van der Waals surface area contributed by atoms with Crippen molar-refractivity contribution in [2.75, 3.05) is 6.54 Å². The summed E-state index contributed by atoms with van der Waals surface area (Å²) in [5, 5.41) is 13.7. The molecular weight excluding hydrogens is 230 g/mol. The minimum atomic E-state index is 0.350. The average Bonchev–Trinajstić information content (AvgIpc) is 2.77. The molecular formula is C14H13NOS. The van der Waals surface area contributed by atoms with Crippen molar-refractivity contribution < 1.29 is 5.11 Å². The molecule has 0 amide bonds. The highest BCUT2D eigenvalue weighted by Crippen LogP contribution is 2.34. The van der Waals surface area contributed by atoms with Crippen molar-refractivity contribution in [1.29, 1.82) is 0 Å². The van der Waals surface area contributed by atoms with Gasteiger partial charge in [0.2, 0.25) is 0 Å². The number of rotatable bonds is 1. The number of thioether (sulfide) groups is 1. The van der Waals surface area contributed by atoms with Crippen LogP contribution < -0.4 is 0 Å². The second-order valence-corrected chi connectivity index (χ2v) is 5.68. The molecule has 1 N–H and O–H groups in total. The van der Waals surface area contributed by atoms with E-state index in [4.69, 9.17) is 0 Å². The Morgan fingerprint density at radius 2 is 2.06 bits per heavy atom. The summed E-state index contributed by atoms with van der Waals surface area (Å²) in [6, 6.07) is 11.9. The topological polar surface area (TPSA) is 32.6 Å². The molecule has 1 aliphatic rings. The Labute approximate surface area is 104 Å². The zero-order valence-corrected chi connectivity index (χ0v) is 10.4. The van der Waals surface area contributed by atoms with Crippen LogP contribution in [-0.4, -0.2) is 21.9 Å². The quantitative estimate of drug-likeness (QED) is 0.832. The number of hydrogen-bond donors (Lipinski definition) is 1. The zero-order chi connectivity index (χ0) is 11.8. The van der Waals surface area contributed by atoms with Crippen LogP contribution in [-0.2, 0) is 0 Å². The summed E-state index contributed by atoms with van der Waals surface area (Å²) in [6.07, 6.45) is 0. The fourth-order valence-electron chi connectivity index (χ4n) is 2.05. The van der Waals surface area contributed by atoms with Gasteiger partial charge in [0, 0.05) is 16.2 Å². The van der Waals surface area contributed by atoms with E-state index in [0.717, 1.165) is 27.9 Å². The molecule has 0 spiro atoms. The van der Waals surface area contributed by atoms with Gasteiger partial charge in [0.15, 0.2) is 0 Å². The number of phenolic OH excluding ortho intramolecular Hbond substituents is 1. The number of hydrogen-bond acceptors (Lipinski definition) is 3. The first kappa shape index (κ1) is 10.7. The molecule has 0 saturated carbocycles. The number of nitrogens with zero attached hydrogens (tertiary/aromatic N) is 1. The van der Waals surface area contributed by atoms with Crippen LogP contribution in [0.3, 0.4) is 0 Å². The molecule has 0 fully saturated rings. The fourth-order valence-corrected chi connectivity index (χ4v) is 3.02. The normalized spacial score (nSPS) is 19.6. The summed E-state index contributed by atoms with van der Waals surface area (Å²) >= 11 is 1.73. The van der Waals surface area contributed by atoms with Gasteiger partial charge in [-0.1, -0.05) is 37.3 Å². The average molecular weight is 243 g/mol. The number of benzene rings is 2. The van der Waals surface area contributed by atoms with E-state index in [1.54, 1.807) is 11.8 Å². The third-order valence-corrected chi connectivity index (χ3v) is 4.06. The predicted molar refractivity (Wildman–Crippen MR) is 74.1 cm³/mol. The monoisotopic (exact) mass is 243 g/mol. The molecule has 2 aromatic rings. The smallest absolute Gasteiger partial charge is 0.133 e. The van der Waals surface area contributed by atoms with E-state index in [-0.39, 0.29) is 0 Å². The van der Waals surface area contributed by atoms with Crippen LogP contribution in [0.15, 0.2) is 41.4 Å². The van der Waals surface area contributed by atoms with Crippen molar-refractivity contribution in [2.24, 2.45) is 4.99 Å². The third kappa shape index (κ3) is 1.80. The summed E-state index contributed by atoms with van der Waals surface area (Å²) in [4.78, 5) is 4.47. The molecule has 0 aliphatic carbocycles. The van der Waals surface area contributed by atoms with Gasteiger partial charge >= 0.3 is 0 Å². The third-order valence-electron chi connectivity index (χ3n) is 2.94. The van der Waals surface area contributed by atoms with Crippen LogP contribution >= 0.6 is 11.8 Å². The molecule has 1 unspecified atom stereocenters. The minimum absolute atomic E-state index is 0.350. The summed E-state index contributed by atoms with van der Waals surface area (Å²) < 4.78 is 0. The number of phenols is 1. The van der Waals surface area contributed by atoms with Gasteiger partial charge in [-0.05, 0) is 11.5 Å². The fraction of sp³-hybridized carbons (Fsp3) is 0.214. The van der Waals surface area contributed by atoms with E-state index in [2.05, 4.69) is 11.9 Å². The molecule has 1 aliphatic heterocycles. The second-order valence-electron chi connectivity index (χ2n) is 4.26. The van der Waals surface area contributed by atoms with Gasteiger partial charge in [-0.3, -0.25) is 4.99 Å². The number of fused-ring (bicyclic) bond motifs is 1. The van der Waals surface area contributed by atoms with E-state index in [1.807, 2.05) is 36.4 Å². The van der Waals surface area contributed by atoms with E-state index in [1.165, 1.54) is 0 Å². The molecule has 86 valence electrons. The van der Waals surface area contributed by atoms with Crippen molar-refractivity contribution in [1.82, 2.24) is 0 Å². The molecule has 3 rings (SSSR count).